The number of hydrogen-bond acceptors (Lipinski definition) is 3. The highest BCUT2D eigenvalue weighted by Crippen LogP contribution is 2.31. The fourth-order valence-corrected chi connectivity index (χ4v) is 3.53. The molecule has 1 aromatic heterocycles. The van der Waals surface area contributed by atoms with Crippen LogP contribution in [0.1, 0.15) is 22.1 Å². The maximum absolute atomic E-state index is 12.6. The summed E-state index contributed by atoms with van der Waals surface area (Å²) in [5.74, 6) is 0.00383. The topological polar surface area (TPSA) is 38.9 Å². The van der Waals surface area contributed by atoms with Gasteiger partial charge < -0.3 is 5.73 Å². The molecule has 6 heteroatoms. The number of nitrogens with two attached hydrogens (primary N) is 1. The number of rotatable bonds is 4. The van der Waals surface area contributed by atoms with E-state index in [4.69, 9.17) is 5.73 Å². The largest absolute Gasteiger partial charge is 0.416 e. The predicted octanol–water partition coefficient (Wildman–Crippen LogP) is 4.60. The third kappa shape index (κ3) is 3.54. The third-order valence-corrected chi connectivity index (χ3v) is 4.91. The quantitative estimate of drug-likeness (QED) is 0.756. The standard InChI is InChI=1S/C17H15F3N2S/c18-17(19,20)13-7-5-11(6-8-13)9-12(10-21)16-22-14-3-1-2-4-15(14)23-16/h1-8,12H,9-10,21H2. The van der Waals surface area contributed by atoms with Crippen molar-refractivity contribution < 1.29 is 13.2 Å². The van der Waals surface area contributed by atoms with Crippen LogP contribution in [0.2, 0.25) is 0 Å². The third-order valence-electron chi connectivity index (χ3n) is 3.71. The molecule has 0 amide bonds. The molecule has 0 saturated heterocycles. The van der Waals surface area contributed by atoms with Crippen LogP contribution >= 0.6 is 11.3 Å². The molecule has 2 N–H and O–H groups in total. The number of para-hydroxylation sites is 1. The highest BCUT2D eigenvalue weighted by atomic mass is 32.1. The van der Waals surface area contributed by atoms with Gasteiger partial charge in [0.2, 0.25) is 0 Å². The maximum atomic E-state index is 12.6. The molecule has 0 aliphatic carbocycles. The summed E-state index contributed by atoms with van der Waals surface area (Å²) >= 11 is 1.59. The summed E-state index contributed by atoms with van der Waals surface area (Å²) in [7, 11) is 0. The number of nitrogens with zero attached hydrogens (tertiary/aromatic N) is 1. The average molecular weight is 336 g/mol. The van der Waals surface area contributed by atoms with Crippen molar-refractivity contribution in [2.75, 3.05) is 6.54 Å². The molecule has 0 aliphatic heterocycles. The molecule has 23 heavy (non-hydrogen) atoms. The van der Waals surface area contributed by atoms with E-state index in [1.54, 1.807) is 11.3 Å². The Balaban J connectivity index is 1.81. The van der Waals surface area contributed by atoms with Gasteiger partial charge in [0, 0.05) is 12.5 Å². The monoisotopic (exact) mass is 336 g/mol. The van der Waals surface area contributed by atoms with Gasteiger partial charge >= 0.3 is 6.18 Å². The fourth-order valence-electron chi connectivity index (χ4n) is 2.45. The Bertz CT molecular complexity index is 760. The van der Waals surface area contributed by atoms with Gasteiger partial charge in [0.05, 0.1) is 20.8 Å². The van der Waals surface area contributed by atoms with E-state index < -0.39 is 11.7 Å². The number of aromatic nitrogens is 1. The maximum Gasteiger partial charge on any atom is 0.416 e. The second-order valence-corrected chi connectivity index (χ2v) is 6.41. The predicted molar refractivity (Wildman–Crippen MR) is 86.6 cm³/mol. The van der Waals surface area contributed by atoms with Crippen LogP contribution in [0.15, 0.2) is 48.5 Å². The molecule has 0 bridgehead atoms. The summed E-state index contributed by atoms with van der Waals surface area (Å²) in [6, 6.07) is 13.1. The smallest absolute Gasteiger partial charge is 0.330 e. The molecule has 3 aromatic rings. The van der Waals surface area contributed by atoms with E-state index in [0.29, 0.717) is 13.0 Å². The Morgan fingerprint density at radius 1 is 1.04 bits per heavy atom. The van der Waals surface area contributed by atoms with E-state index in [2.05, 4.69) is 4.98 Å². The normalized spacial score (nSPS) is 13.4. The summed E-state index contributed by atoms with van der Waals surface area (Å²) in [4.78, 5) is 4.60. The Kier molecular flexibility index (Phi) is 4.37. The van der Waals surface area contributed by atoms with E-state index in [1.807, 2.05) is 24.3 Å². The zero-order valence-corrected chi connectivity index (χ0v) is 13.0. The van der Waals surface area contributed by atoms with Gasteiger partial charge in [-0.3, -0.25) is 0 Å². The molecule has 3 rings (SSSR count). The first-order valence-corrected chi connectivity index (χ1v) is 8.00. The summed E-state index contributed by atoms with van der Waals surface area (Å²) in [6.07, 6.45) is -3.73. The van der Waals surface area contributed by atoms with Gasteiger partial charge in [0.15, 0.2) is 0 Å². The molecule has 0 radical (unpaired) electrons. The highest BCUT2D eigenvalue weighted by molar-refractivity contribution is 7.18. The Hall–Kier alpha value is -1.92. The molecule has 120 valence electrons. The Morgan fingerprint density at radius 3 is 2.35 bits per heavy atom. The van der Waals surface area contributed by atoms with E-state index in [9.17, 15) is 13.2 Å². The summed E-state index contributed by atoms with van der Waals surface area (Å²) in [6.45, 7) is 0.404. The lowest BCUT2D eigenvalue weighted by Crippen LogP contribution is -2.15. The van der Waals surface area contributed by atoms with Gasteiger partial charge in [-0.2, -0.15) is 13.2 Å². The number of thiazole rings is 1. The minimum Gasteiger partial charge on any atom is -0.330 e. The second kappa shape index (κ2) is 6.29. The first kappa shape index (κ1) is 16.0. The molecule has 1 unspecified atom stereocenters. The fraction of sp³-hybridized carbons (Fsp3) is 0.235. The van der Waals surface area contributed by atoms with Crippen molar-refractivity contribution in [3.05, 3.63) is 64.7 Å². The van der Waals surface area contributed by atoms with Crippen LogP contribution < -0.4 is 5.73 Å². The molecule has 1 heterocycles. The van der Waals surface area contributed by atoms with E-state index >= 15 is 0 Å². The van der Waals surface area contributed by atoms with Crippen molar-refractivity contribution in [3.63, 3.8) is 0 Å². The van der Waals surface area contributed by atoms with Crippen LogP contribution in [0.25, 0.3) is 10.2 Å². The number of benzene rings is 2. The molecule has 0 aliphatic rings. The Morgan fingerprint density at radius 2 is 1.74 bits per heavy atom. The minimum absolute atomic E-state index is 0.00383. The highest BCUT2D eigenvalue weighted by Gasteiger charge is 2.30. The summed E-state index contributed by atoms with van der Waals surface area (Å²) < 4.78 is 38.9. The lowest BCUT2D eigenvalue weighted by molar-refractivity contribution is -0.137. The molecule has 1 atom stereocenters. The lowest BCUT2D eigenvalue weighted by Gasteiger charge is -2.13. The number of alkyl halides is 3. The van der Waals surface area contributed by atoms with Gasteiger partial charge in [-0.1, -0.05) is 24.3 Å². The van der Waals surface area contributed by atoms with Gasteiger partial charge in [0.1, 0.15) is 0 Å². The first-order chi connectivity index (χ1) is 11.0. The summed E-state index contributed by atoms with van der Waals surface area (Å²) in [5, 5.41) is 0.925. The van der Waals surface area contributed by atoms with Crippen LogP contribution in [0.4, 0.5) is 13.2 Å². The molecule has 2 nitrogen and oxygen atoms in total. The van der Waals surface area contributed by atoms with Crippen molar-refractivity contribution in [1.82, 2.24) is 4.98 Å². The zero-order valence-electron chi connectivity index (χ0n) is 12.2. The van der Waals surface area contributed by atoms with Gasteiger partial charge in [-0.15, -0.1) is 11.3 Å². The summed E-state index contributed by atoms with van der Waals surface area (Å²) in [5.41, 5.74) is 6.98. The van der Waals surface area contributed by atoms with E-state index in [0.717, 1.165) is 32.9 Å². The number of halogens is 3. The molecular formula is C17H15F3N2S. The average Bonchev–Trinajstić information content (AvgIpc) is 2.96. The van der Waals surface area contributed by atoms with Crippen molar-refractivity contribution in [1.29, 1.82) is 0 Å². The molecule has 0 saturated carbocycles. The van der Waals surface area contributed by atoms with Crippen molar-refractivity contribution in [2.45, 2.75) is 18.5 Å². The molecular weight excluding hydrogens is 321 g/mol. The second-order valence-electron chi connectivity index (χ2n) is 5.35. The van der Waals surface area contributed by atoms with E-state index in [1.165, 1.54) is 12.1 Å². The van der Waals surface area contributed by atoms with Crippen LogP contribution in [0, 0.1) is 0 Å². The zero-order chi connectivity index (χ0) is 16.4. The van der Waals surface area contributed by atoms with Crippen LogP contribution in [-0.2, 0) is 12.6 Å². The van der Waals surface area contributed by atoms with Crippen molar-refractivity contribution >= 4 is 21.6 Å². The lowest BCUT2D eigenvalue weighted by atomic mass is 9.99. The molecule has 0 spiro atoms. The van der Waals surface area contributed by atoms with Gasteiger partial charge in [-0.05, 0) is 36.2 Å². The number of hydrogen-bond donors (Lipinski definition) is 1. The van der Waals surface area contributed by atoms with Gasteiger partial charge in [0.25, 0.3) is 0 Å². The SMILES string of the molecule is NCC(Cc1ccc(C(F)(F)F)cc1)c1nc2ccccc2s1. The van der Waals surface area contributed by atoms with Gasteiger partial charge in [-0.25, -0.2) is 4.98 Å². The van der Waals surface area contributed by atoms with Crippen LogP contribution in [0.5, 0.6) is 0 Å². The first-order valence-electron chi connectivity index (χ1n) is 7.19. The minimum atomic E-state index is -4.31. The van der Waals surface area contributed by atoms with E-state index in [-0.39, 0.29) is 5.92 Å². The van der Waals surface area contributed by atoms with Crippen molar-refractivity contribution in [3.8, 4) is 0 Å². The van der Waals surface area contributed by atoms with Crippen LogP contribution in [0.3, 0.4) is 0 Å². The van der Waals surface area contributed by atoms with Crippen LogP contribution in [-0.4, -0.2) is 11.5 Å². The van der Waals surface area contributed by atoms with Crippen molar-refractivity contribution in [2.24, 2.45) is 5.73 Å². The number of fused-ring (bicyclic) bond motifs is 1. The Labute approximate surface area is 135 Å². The molecule has 0 fully saturated rings. The molecule has 2 aromatic carbocycles.